The van der Waals surface area contributed by atoms with Gasteiger partial charge in [-0.3, -0.25) is 4.79 Å². The number of hydrogen-bond donors (Lipinski definition) is 1. The minimum Gasteiger partial charge on any atom is -0.306 e. The van der Waals surface area contributed by atoms with E-state index in [1.54, 1.807) is 18.2 Å². The van der Waals surface area contributed by atoms with Gasteiger partial charge in [-0.15, -0.1) is 0 Å². The van der Waals surface area contributed by atoms with Gasteiger partial charge in [-0.05, 0) is 13.0 Å². The van der Waals surface area contributed by atoms with Crippen molar-refractivity contribution in [3.63, 3.8) is 0 Å². The molecule has 1 unspecified atom stereocenters. The molecule has 0 aromatic heterocycles. The summed E-state index contributed by atoms with van der Waals surface area (Å²) >= 11 is -2.05. The van der Waals surface area contributed by atoms with Gasteiger partial charge in [0.25, 0.3) is 0 Å². The minimum atomic E-state index is -2.05. The molecule has 0 aliphatic heterocycles. The number of benzene rings is 1. The number of rotatable bonds is 3. The molecule has 13 heavy (non-hydrogen) atoms. The highest BCUT2D eigenvalue weighted by Crippen LogP contribution is 2.05. The first-order valence-corrected chi connectivity index (χ1v) is 5.04. The third kappa shape index (κ3) is 3.08. The predicted octanol–water partition coefficient (Wildman–Crippen LogP) is 1.40. The van der Waals surface area contributed by atoms with Crippen molar-refractivity contribution < 1.29 is 13.6 Å². The maximum absolute atomic E-state index is 11.3. The van der Waals surface area contributed by atoms with E-state index >= 15 is 0 Å². The average Bonchev–Trinajstić information content (AvgIpc) is 2.03. The van der Waals surface area contributed by atoms with E-state index in [0.717, 1.165) is 5.56 Å². The third-order valence-corrected chi connectivity index (χ3v) is 2.10. The largest absolute Gasteiger partial charge is 0.306 e. The van der Waals surface area contributed by atoms with Gasteiger partial charge in [-0.2, -0.15) is 0 Å². The van der Waals surface area contributed by atoms with E-state index in [4.69, 9.17) is 4.55 Å². The molecule has 1 aromatic rings. The Morgan fingerprint density at radius 1 is 1.54 bits per heavy atom. The first kappa shape index (κ1) is 10.1. The molecule has 0 bridgehead atoms. The second kappa shape index (κ2) is 4.30. The van der Waals surface area contributed by atoms with E-state index < -0.39 is 11.1 Å². The van der Waals surface area contributed by atoms with Crippen LogP contribution in [0.2, 0.25) is 0 Å². The molecule has 0 aliphatic carbocycles. The number of hydrogen-bond acceptors (Lipinski definition) is 2. The van der Waals surface area contributed by atoms with Crippen molar-refractivity contribution >= 4 is 16.9 Å². The Morgan fingerprint density at radius 2 is 2.23 bits per heavy atom. The lowest BCUT2D eigenvalue weighted by atomic mass is 10.1. The highest BCUT2D eigenvalue weighted by atomic mass is 32.2. The molecule has 0 aliphatic rings. The monoisotopic (exact) mass is 198 g/mol. The Kier molecular flexibility index (Phi) is 3.33. The summed E-state index contributed by atoms with van der Waals surface area (Å²) in [6.07, 6.45) is 0. The summed E-state index contributed by atoms with van der Waals surface area (Å²) < 4.78 is 18.9. The van der Waals surface area contributed by atoms with Crippen molar-refractivity contribution in [3.05, 3.63) is 35.4 Å². The molecule has 1 N–H and O–H groups in total. The van der Waals surface area contributed by atoms with Crippen LogP contribution in [0.1, 0.15) is 15.9 Å². The zero-order valence-corrected chi connectivity index (χ0v) is 8.00. The maximum Gasteiger partial charge on any atom is 0.177 e. The molecule has 4 heteroatoms. The fraction of sp³-hybridized carbons (Fsp3) is 0.222. The van der Waals surface area contributed by atoms with Gasteiger partial charge in [0.1, 0.15) is 5.75 Å². The molecule has 1 rings (SSSR count). The highest BCUT2D eigenvalue weighted by molar-refractivity contribution is 7.80. The van der Waals surface area contributed by atoms with Crippen LogP contribution in [0, 0.1) is 6.92 Å². The summed E-state index contributed by atoms with van der Waals surface area (Å²) in [6.45, 7) is 1.87. The molecule has 1 aromatic carbocycles. The summed E-state index contributed by atoms with van der Waals surface area (Å²) in [6, 6.07) is 6.97. The number of aryl methyl sites for hydroxylation is 1. The van der Waals surface area contributed by atoms with Crippen molar-refractivity contribution in [1.82, 2.24) is 0 Å². The standard InChI is InChI=1S/C9H10O3S/c1-7-3-2-4-8(5-7)9(10)6-13(11)12/h2-5H,6H2,1H3,(H,11,12). The zero-order valence-electron chi connectivity index (χ0n) is 7.19. The third-order valence-electron chi connectivity index (χ3n) is 1.59. The second-order valence-corrected chi connectivity index (χ2v) is 3.69. The number of ketones is 1. The van der Waals surface area contributed by atoms with Crippen molar-refractivity contribution in [2.45, 2.75) is 6.92 Å². The van der Waals surface area contributed by atoms with Crippen LogP contribution in [0.3, 0.4) is 0 Å². The van der Waals surface area contributed by atoms with Gasteiger partial charge in [0, 0.05) is 5.56 Å². The Morgan fingerprint density at radius 3 is 2.77 bits per heavy atom. The molecule has 0 heterocycles. The van der Waals surface area contributed by atoms with Crippen LogP contribution in [0.5, 0.6) is 0 Å². The van der Waals surface area contributed by atoms with Crippen molar-refractivity contribution in [2.75, 3.05) is 5.75 Å². The minimum absolute atomic E-state index is 0.301. The van der Waals surface area contributed by atoms with E-state index in [0.29, 0.717) is 5.56 Å². The lowest BCUT2D eigenvalue weighted by Crippen LogP contribution is -2.09. The molecule has 0 saturated heterocycles. The number of carbonyl (C=O) groups is 1. The molecule has 0 saturated carbocycles. The summed E-state index contributed by atoms with van der Waals surface area (Å²) in [5.74, 6) is -0.631. The average molecular weight is 198 g/mol. The Balaban J connectivity index is 2.83. The maximum atomic E-state index is 11.3. The lowest BCUT2D eigenvalue weighted by molar-refractivity contribution is 0.102. The van der Waals surface area contributed by atoms with Crippen LogP contribution in [-0.4, -0.2) is 20.3 Å². The Labute approximate surface area is 79.1 Å². The predicted molar refractivity (Wildman–Crippen MR) is 51.1 cm³/mol. The molecule has 0 fully saturated rings. The van der Waals surface area contributed by atoms with Gasteiger partial charge >= 0.3 is 0 Å². The van der Waals surface area contributed by atoms with Crippen LogP contribution < -0.4 is 0 Å². The van der Waals surface area contributed by atoms with Crippen molar-refractivity contribution in [1.29, 1.82) is 0 Å². The Hall–Kier alpha value is -1.00. The topological polar surface area (TPSA) is 54.4 Å². The summed E-state index contributed by atoms with van der Waals surface area (Å²) in [7, 11) is 0. The van der Waals surface area contributed by atoms with E-state index in [-0.39, 0.29) is 11.5 Å². The van der Waals surface area contributed by atoms with Gasteiger partial charge in [-0.25, -0.2) is 4.21 Å². The fourth-order valence-electron chi connectivity index (χ4n) is 1.01. The quantitative estimate of drug-likeness (QED) is 0.590. The molecule has 3 nitrogen and oxygen atoms in total. The van der Waals surface area contributed by atoms with E-state index in [9.17, 15) is 9.00 Å². The van der Waals surface area contributed by atoms with Crippen molar-refractivity contribution in [2.24, 2.45) is 0 Å². The van der Waals surface area contributed by atoms with Gasteiger partial charge in [0.2, 0.25) is 0 Å². The molecule has 0 radical (unpaired) electrons. The second-order valence-electron chi connectivity index (χ2n) is 2.76. The number of carbonyl (C=O) groups excluding carboxylic acids is 1. The fourth-order valence-corrected chi connectivity index (χ4v) is 1.40. The normalized spacial score (nSPS) is 12.5. The first-order valence-electron chi connectivity index (χ1n) is 3.77. The van der Waals surface area contributed by atoms with E-state index in [1.165, 1.54) is 0 Å². The van der Waals surface area contributed by atoms with Gasteiger partial charge in [0.05, 0.1) is 0 Å². The SMILES string of the molecule is Cc1cccc(C(=O)CS(=O)O)c1. The van der Waals surface area contributed by atoms with Crippen LogP contribution in [0.15, 0.2) is 24.3 Å². The van der Waals surface area contributed by atoms with E-state index in [2.05, 4.69) is 0 Å². The lowest BCUT2D eigenvalue weighted by Gasteiger charge is -1.98. The number of Topliss-reactive ketones (excluding diaryl/α,β-unsaturated/α-hetero) is 1. The smallest absolute Gasteiger partial charge is 0.177 e. The first-order chi connectivity index (χ1) is 6.09. The molecule has 0 spiro atoms. The Bertz CT molecular complexity index is 346. The van der Waals surface area contributed by atoms with Crippen LogP contribution in [0.25, 0.3) is 0 Å². The van der Waals surface area contributed by atoms with E-state index in [1.807, 2.05) is 13.0 Å². The molecular weight excluding hydrogens is 188 g/mol. The van der Waals surface area contributed by atoms with Gasteiger partial charge < -0.3 is 4.55 Å². The summed E-state index contributed by atoms with van der Waals surface area (Å²) in [5, 5.41) is 0. The van der Waals surface area contributed by atoms with Crippen LogP contribution in [0.4, 0.5) is 0 Å². The van der Waals surface area contributed by atoms with Gasteiger partial charge in [-0.1, -0.05) is 23.8 Å². The summed E-state index contributed by atoms with van der Waals surface area (Å²) in [5.41, 5.74) is 1.46. The molecule has 0 amide bonds. The van der Waals surface area contributed by atoms with Crippen LogP contribution in [-0.2, 0) is 11.1 Å². The molecule has 70 valence electrons. The highest BCUT2D eigenvalue weighted by Gasteiger charge is 2.08. The van der Waals surface area contributed by atoms with Crippen molar-refractivity contribution in [3.8, 4) is 0 Å². The molecule has 1 atom stereocenters. The zero-order chi connectivity index (χ0) is 9.84. The van der Waals surface area contributed by atoms with Crippen LogP contribution >= 0.6 is 0 Å². The van der Waals surface area contributed by atoms with Gasteiger partial charge in [0.15, 0.2) is 16.9 Å². The summed E-state index contributed by atoms with van der Waals surface area (Å²) in [4.78, 5) is 11.3. The molecular formula is C9H10O3S.